The molecule has 7 nitrogen and oxygen atoms in total. The first-order chi connectivity index (χ1) is 15.5. The van der Waals surface area contributed by atoms with Crippen molar-refractivity contribution < 1.29 is 19.7 Å². The Bertz CT molecular complexity index is 697. The molecule has 0 radical (unpaired) electrons. The van der Waals surface area contributed by atoms with E-state index in [0.29, 0.717) is 18.8 Å². The zero-order chi connectivity index (χ0) is 23.6. The fraction of sp³-hybridized carbons (Fsp3) is 0.800. The van der Waals surface area contributed by atoms with E-state index < -0.39 is 11.5 Å². The molecule has 0 aromatic heterocycles. The molecule has 2 saturated carbocycles. The second-order valence-electron chi connectivity index (χ2n) is 9.50. The molecule has 2 N–H and O–H groups in total. The summed E-state index contributed by atoms with van der Waals surface area (Å²) in [5.74, 6) is 0.429. The van der Waals surface area contributed by atoms with Gasteiger partial charge in [-0.2, -0.15) is 0 Å². The van der Waals surface area contributed by atoms with Crippen LogP contribution in [0.2, 0.25) is 0 Å². The van der Waals surface area contributed by atoms with E-state index in [1.807, 2.05) is 6.08 Å². The first kappa shape index (κ1) is 26.4. The number of hydrogen-bond acceptors (Lipinski definition) is 5. The van der Waals surface area contributed by atoms with Gasteiger partial charge < -0.3 is 14.9 Å². The summed E-state index contributed by atoms with van der Waals surface area (Å²) in [7, 11) is 1.51. The van der Waals surface area contributed by atoms with E-state index in [9.17, 15) is 9.90 Å². The van der Waals surface area contributed by atoms with E-state index >= 15 is 0 Å². The van der Waals surface area contributed by atoms with Crippen LogP contribution in [0.15, 0.2) is 29.4 Å². The molecule has 2 aliphatic carbocycles. The molecule has 0 aromatic rings. The zero-order valence-electron chi connectivity index (χ0n) is 19.9. The molecule has 0 aliphatic heterocycles. The monoisotopic (exact) mass is 447 g/mol. The summed E-state index contributed by atoms with van der Waals surface area (Å²) >= 11 is 0. The highest BCUT2D eigenvalue weighted by atomic mass is 16.5. The van der Waals surface area contributed by atoms with Gasteiger partial charge in [-0.3, -0.25) is 4.79 Å². The molecule has 0 heterocycles. The number of methoxy groups -OCH3 is 1. The average molecular weight is 448 g/mol. The molecule has 32 heavy (non-hydrogen) atoms. The van der Waals surface area contributed by atoms with Gasteiger partial charge >= 0.3 is 5.97 Å². The number of aliphatic hydroxyl groups excluding tert-OH is 2. The van der Waals surface area contributed by atoms with Gasteiger partial charge in [0.05, 0.1) is 25.2 Å². The Labute approximate surface area is 192 Å². The second-order valence-corrected chi connectivity index (χ2v) is 9.50. The van der Waals surface area contributed by atoms with Gasteiger partial charge in [-0.05, 0) is 61.8 Å². The summed E-state index contributed by atoms with van der Waals surface area (Å²) in [4.78, 5) is 16.0. The lowest BCUT2D eigenvalue weighted by molar-refractivity contribution is -0.162. The number of rotatable bonds is 12. The Morgan fingerprint density at radius 1 is 1.31 bits per heavy atom. The second kappa shape index (κ2) is 13.0. The van der Waals surface area contributed by atoms with E-state index in [-0.39, 0.29) is 36.4 Å². The lowest BCUT2D eigenvalue weighted by Gasteiger charge is -2.41. The third kappa shape index (κ3) is 5.94. The Morgan fingerprint density at radius 2 is 2.03 bits per heavy atom. The molecule has 0 spiro atoms. The van der Waals surface area contributed by atoms with Crippen molar-refractivity contribution in [2.75, 3.05) is 13.7 Å². The standard InChI is InChI=1S/C25H41N3O4/c1-4-18(2)25(24(31)32-3,19-11-7-8-12-19)15-9-5-6-13-20-21(14-10-16-29)23(30)17-22(20)27-28-26/h5-6,10,14,18-23,29-30H,4,7-9,11-13,15-17H2,1-3H3/t18?,20-,21-,22+,23-,25?/m1/s1. The summed E-state index contributed by atoms with van der Waals surface area (Å²) in [5.41, 5.74) is 8.47. The first-order valence-electron chi connectivity index (χ1n) is 12.2. The number of carbonyl (C=O) groups excluding carboxylic acids is 1. The molecule has 2 aliphatic rings. The van der Waals surface area contributed by atoms with Gasteiger partial charge in [0.25, 0.3) is 0 Å². The van der Waals surface area contributed by atoms with Crippen LogP contribution in [0.3, 0.4) is 0 Å². The Balaban J connectivity index is 2.10. The van der Waals surface area contributed by atoms with Gasteiger partial charge in [-0.1, -0.05) is 62.5 Å². The number of aliphatic hydroxyl groups is 2. The van der Waals surface area contributed by atoms with Crippen LogP contribution < -0.4 is 0 Å². The fourth-order valence-corrected chi connectivity index (χ4v) is 6.13. The molecule has 180 valence electrons. The highest BCUT2D eigenvalue weighted by Crippen LogP contribution is 2.50. The molecular formula is C25H41N3O4. The van der Waals surface area contributed by atoms with Crippen molar-refractivity contribution in [3.05, 3.63) is 34.7 Å². The van der Waals surface area contributed by atoms with Crippen LogP contribution in [0.25, 0.3) is 10.4 Å². The Kier molecular flexibility index (Phi) is 10.8. The summed E-state index contributed by atoms with van der Waals surface area (Å²) in [6.07, 6.45) is 15.3. The number of carbonyl (C=O) groups is 1. The topological polar surface area (TPSA) is 116 Å². The van der Waals surface area contributed by atoms with Crippen molar-refractivity contribution in [2.24, 2.45) is 34.2 Å². The third-order valence-electron chi connectivity index (χ3n) is 8.02. The number of esters is 1. The van der Waals surface area contributed by atoms with Crippen LogP contribution in [0.4, 0.5) is 0 Å². The highest BCUT2D eigenvalue weighted by Gasteiger charge is 2.50. The van der Waals surface area contributed by atoms with Gasteiger partial charge in [0, 0.05) is 16.9 Å². The van der Waals surface area contributed by atoms with Crippen LogP contribution in [0.1, 0.15) is 71.6 Å². The van der Waals surface area contributed by atoms with Gasteiger partial charge in [0.15, 0.2) is 0 Å². The van der Waals surface area contributed by atoms with Crippen LogP contribution >= 0.6 is 0 Å². The highest BCUT2D eigenvalue weighted by molar-refractivity contribution is 5.77. The summed E-state index contributed by atoms with van der Waals surface area (Å²) in [5, 5.41) is 23.4. The van der Waals surface area contributed by atoms with E-state index in [1.54, 1.807) is 6.08 Å². The van der Waals surface area contributed by atoms with E-state index in [4.69, 9.17) is 15.4 Å². The van der Waals surface area contributed by atoms with E-state index in [1.165, 1.54) is 20.0 Å². The molecule has 2 fully saturated rings. The summed E-state index contributed by atoms with van der Waals surface area (Å²) < 4.78 is 5.33. The number of allylic oxidation sites excluding steroid dienone is 2. The van der Waals surface area contributed by atoms with E-state index in [0.717, 1.165) is 32.1 Å². The van der Waals surface area contributed by atoms with Gasteiger partial charge in [-0.25, -0.2) is 0 Å². The predicted molar refractivity (Wildman–Crippen MR) is 126 cm³/mol. The summed E-state index contributed by atoms with van der Waals surface area (Å²) in [6, 6.07) is -0.263. The van der Waals surface area contributed by atoms with Crippen molar-refractivity contribution in [3.8, 4) is 0 Å². The molecular weight excluding hydrogens is 406 g/mol. The minimum Gasteiger partial charge on any atom is -0.469 e. The fourth-order valence-electron chi connectivity index (χ4n) is 6.13. The predicted octanol–water partition coefficient (Wildman–Crippen LogP) is 5.33. The van der Waals surface area contributed by atoms with Crippen LogP contribution in [0, 0.1) is 29.1 Å². The van der Waals surface area contributed by atoms with Crippen molar-refractivity contribution in [1.82, 2.24) is 0 Å². The van der Waals surface area contributed by atoms with Gasteiger partial charge in [0.2, 0.25) is 0 Å². The lowest BCUT2D eigenvalue weighted by Crippen LogP contribution is -2.44. The normalized spacial score (nSPS) is 29.3. The van der Waals surface area contributed by atoms with Gasteiger partial charge in [-0.15, -0.1) is 0 Å². The van der Waals surface area contributed by atoms with Crippen molar-refractivity contribution >= 4 is 5.97 Å². The maximum absolute atomic E-state index is 13.0. The molecule has 0 amide bonds. The molecule has 2 unspecified atom stereocenters. The SMILES string of the molecule is CCC(C)C(CCC=CC[C@@H]1[C@@H](C=CCO)[C@H](O)C[C@@H]1N=[N+]=[N-])(C(=O)OC)C1CCCC1. The maximum atomic E-state index is 13.0. The smallest absolute Gasteiger partial charge is 0.312 e. The Morgan fingerprint density at radius 3 is 2.62 bits per heavy atom. The molecule has 0 aromatic carbocycles. The molecule has 6 atom stereocenters. The number of nitrogens with zero attached hydrogens (tertiary/aromatic N) is 3. The van der Waals surface area contributed by atoms with E-state index in [2.05, 4.69) is 36.0 Å². The lowest BCUT2D eigenvalue weighted by atomic mass is 9.63. The van der Waals surface area contributed by atoms with Crippen molar-refractivity contribution in [2.45, 2.75) is 83.8 Å². The molecule has 0 bridgehead atoms. The van der Waals surface area contributed by atoms with Crippen LogP contribution in [-0.4, -0.2) is 42.0 Å². The summed E-state index contributed by atoms with van der Waals surface area (Å²) in [6.45, 7) is 4.25. The van der Waals surface area contributed by atoms with Gasteiger partial charge in [0.1, 0.15) is 0 Å². The first-order valence-corrected chi connectivity index (χ1v) is 12.2. The molecule has 7 heteroatoms. The number of hydrogen-bond donors (Lipinski definition) is 2. The largest absolute Gasteiger partial charge is 0.469 e. The maximum Gasteiger partial charge on any atom is 0.312 e. The molecule has 2 rings (SSSR count). The van der Waals surface area contributed by atoms with Crippen molar-refractivity contribution in [1.29, 1.82) is 0 Å². The Hall–Kier alpha value is -1.82. The zero-order valence-corrected chi connectivity index (χ0v) is 19.9. The minimum absolute atomic E-state index is 0.00490. The van der Waals surface area contributed by atoms with Crippen molar-refractivity contribution in [3.63, 3.8) is 0 Å². The third-order valence-corrected chi connectivity index (χ3v) is 8.02. The minimum atomic E-state index is -0.577. The quantitative estimate of drug-likeness (QED) is 0.138. The number of azide groups is 1. The van der Waals surface area contributed by atoms with Crippen LogP contribution in [0.5, 0.6) is 0 Å². The molecule has 0 saturated heterocycles. The number of ether oxygens (including phenoxy) is 1. The van der Waals surface area contributed by atoms with Crippen LogP contribution in [-0.2, 0) is 9.53 Å². The average Bonchev–Trinajstić information content (AvgIpc) is 3.43.